The van der Waals surface area contributed by atoms with Crippen molar-refractivity contribution in [2.75, 3.05) is 20.8 Å². The first kappa shape index (κ1) is 13.2. The maximum atomic E-state index is 5.25. The number of ether oxygens (including phenoxy) is 2. The number of rotatable bonds is 6. The van der Waals surface area contributed by atoms with E-state index in [1.807, 2.05) is 18.2 Å². The third kappa shape index (κ3) is 4.22. The molecule has 0 aromatic heterocycles. The average molecular weight is 237 g/mol. The average Bonchev–Trinajstić information content (AvgIpc) is 2.34. The fourth-order valence-electron chi connectivity index (χ4n) is 1.53. The molecule has 0 fully saturated rings. The number of hydrogen-bond donors (Lipinski definition) is 2. The number of guanidine groups is 1. The molecular formula is C12H19N3O2. The predicted octanol–water partition coefficient (Wildman–Crippen LogP) is 0.910. The van der Waals surface area contributed by atoms with Crippen LogP contribution >= 0.6 is 0 Å². The van der Waals surface area contributed by atoms with Crippen LogP contribution in [0.3, 0.4) is 0 Å². The van der Waals surface area contributed by atoms with Crippen molar-refractivity contribution < 1.29 is 9.47 Å². The molecular weight excluding hydrogens is 218 g/mol. The minimum atomic E-state index is 0.136. The number of nitrogens with zero attached hydrogens (tertiary/aromatic N) is 1. The highest BCUT2D eigenvalue weighted by Gasteiger charge is 2.03. The summed E-state index contributed by atoms with van der Waals surface area (Å²) in [6.45, 7) is 0.636. The van der Waals surface area contributed by atoms with Gasteiger partial charge in [0.25, 0.3) is 0 Å². The summed E-state index contributed by atoms with van der Waals surface area (Å²) in [5.74, 6) is 1.62. The SMILES string of the molecule is COc1ccc(CCCN=C(N)N)cc1OC. The van der Waals surface area contributed by atoms with Crippen LogP contribution in [0.15, 0.2) is 23.2 Å². The van der Waals surface area contributed by atoms with E-state index in [-0.39, 0.29) is 5.96 Å². The van der Waals surface area contributed by atoms with Gasteiger partial charge in [0.1, 0.15) is 0 Å². The van der Waals surface area contributed by atoms with Crippen LogP contribution in [0, 0.1) is 0 Å². The van der Waals surface area contributed by atoms with Crippen molar-refractivity contribution in [3.05, 3.63) is 23.8 Å². The summed E-state index contributed by atoms with van der Waals surface area (Å²) < 4.78 is 10.4. The van der Waals surface area contributed by atoms with Gasteiger partial charge in [-0.05, 0) is 30.5 Å². The molecule has 4 N–H and O–H groups in total. The maximum absolute atomic E-state index is 5.25. The van der Waals surface area contributed by atoms with E-state index in [4.69, 9.17) is 20.9 Å². The van der Waals surface area contributed by atoms with E-state index in [9.17, 15) is 0 Å². The molecule has 17 heavy (non-hydrogen) atoms. The highest BCUT2D eigenvalue weighted by Crippen LogP contribution is 2.27. The molecule has 0 aliphatic carbocycles. The number of methoxy groups -OCH3 is 2. The Morgan fingerprint density at radius 1 is 1.18 bits per heavy atom. The molecule has 0 saturated carbocycles. The van der Waals surface area contributed by atoms with Crippen LogP contribution in [-0.2, 0) is 6.42 Å². The van der Waals surface area contributed by atoms with Gasteiger partial charge >= 0.3 is 0 Å². The van der Waals surface area contributed by atoms with Crippen LogP contribution in [0.2, 0.25) is 0 Å². The van der Waals surface area contributed by atoms with Gasteiger partial charge in [-0.2, -0.15) is 0 Å². The summed E-state index contributed by atoms with van der Waals surface area (Å²) >= 11 is 0. The second-order valence-corrected chi connectivity index (χ2v) is 3.60. The highest BCUT2D eigenvalue weighted by atomic mass is 16.5. The van der Waals surface area contributed by atoms with E-state index in [1.165, 1.54) is 5.56 Å². The zero-order valence-electron chi connectivity index (χ0n) is 10.3. The molecule has 1 aromatic carbocycles. The van der Waals surface area contributed by atoms with Crippen LogP contribution in [0.5, 0.6) is 11.5 Å². The van der Waals surface area contributed by atoms with E-state index in [1.54, 1.807) is 14.2 Å². The van der Waals surface area contributed by atoms with Gasteiger partial charge in [-0.25, -0.2) is 0 Å². The van der Waals surface area contributed by atoms with E-state index in [0.717, 1.165) is 24.3 Å². The first-order chi connectivity index (χ1) is 8.17. The molecule has 5 heteroatoms. The monoisotopic (exact) mass is 237 g/mol. The van der Waals surface area contributed by atoms with Crippen LogP contribution in [0.25, 0.3) is 0 Å². The van der Waals surface area contributed by atoms with Gasteiger partial charge in [-0.1, -0.05) is 6.07 Å². The first-order valence-corrected chi connectivity index (χ1v) is 5.43. The van der Waals surface area contributed by atoms with Gasteiger partial charge in [0, 0.05) is 6.54 Å². The Balaban J connectivity index is 2.57. The molecule has 0 unspecified atom stereocenters. The number of benzene rings is 1. The summed E-state index contributed by atoms with van der Waals surface area (Å²) in [5.41, 5.74) is 11.7. The van der Waals surface area contributed by atoms with E-state index in [0.29, 0.717) is 6.54 Å². The Morgan fingerprint density at radius 3 is 2.47 bits per heavy atom. The Kier molecular flexibility index (Phi) is 5.13. The molecule has 1 aromatic rings. The second kappa shape index (κ2) is 6.62. The minimum absolute atomic E-state index is 0.136. The van der Waals surface area contributed by atoms with Crippen molar-refractivity contribution >= 4 is 5.96 Å². The summed E-state index contributed by atoms with van der Waals surface area (Å²) in [6.07, 6.45) is 1.80. The molecule has 0 saturated heterocycles. The number of aryl methyl sites for hydroxylation is 1. The molecule has 0 amide bonds. The zero-order valence-corrected chi connectivity index (χ0v) is 10.3. The Labute approximate surface area is 101 Å². The van der Waals surface area contributed by atoms with Crippen molar-refractivity contribution in [1.82, 2.24) is 0 Å². The molecule has 5 nitrogen and oxygen atoms in total. The van der Waals surface area contributed by atoms with Crippen LogP contribution in [0.1, 0.15) is 12.0 Å². The van der Waals surface area contributed by atoms with E-state index in [2.05, 4.69) is 4.99 Å². The number of hydrogen-bond acceptors (Lipinski definition) is 3. The molecule has 0 spiro atoms. The first-order valence-electron chi connectivity index (χ1n) is 5.43. The number of nitrogens with two attached hydrogens (primary N) is 2. The van der Waals surface area contributed by atoms with E-state index >= 15 is 0 Å². The Bertz CT molecular complexity index is 387. The van der Waals surface area contributed by atoms with Crippen molar-refractivity contribution in [3.63, 3.8) is 0 Å². The fraction of sp³-hybridized carbons (Fsp3) is 0.417. The van der Waals surface area contributed by atoms with Gasteiger partial charge < -0.3 is 20.9 Å². The quantitative estimate of drug-likeness (QED) is 0.437. The van der Waals surface area contributed by atoms with Gasteiger partial charge in [0.05, 0.1) is 14.2 Å². The standard InChI is InChI=1S/C12H19N3O2/c1-16-10-6-5-9(8-11(10)17-2)4-3-7-15-12(13)14/h5-6,8H,3-4,7H2,1-2H3,(H4,13,14,15). The largest absolute Gasteiger partial charge is 0.493 e. The molecule has 0 radical (unpaired) electrons. The normalized spacial score (nSPS) is 9.76. The smallest absolute Gasteiger partial charge is 0.185 e. The van der Waals surface area contributed by atoms with Gasteiger partial charge in [-0.15, -0.1) is 0 Å². The molecule has 0 atom stereocenters. The lowest BCUT2D eigenvalue weighted by Crippen LogP contribution is -2.23. The van der Waals surface area contributed by atoms with Crippen LogP contribution in [-0.4, -0.2) is 26.7 Å². The Morgan fingerprint density at radius 2 is 1.88 bits per heavy atom. The van der Waals surface area contributed by atoms with Crippen molar-refractivity contribution in [2.24, 2.45) is 16.5 Å². The maximum Gasteiger partial charge on any atom is 0.185 e. The third-order valence-electron chi connectivity index (χ3n) is 2.37. The van der Waals surface area contributed by atoms with E-state index < -0.39 is 0 Å². The fourth-order valence-corrected chi connectivity index (χ4v) is 1.53. The lowest BCUT2D eigenvalue weighted by atomic mass is 10.1. The van der Waals surface area contributed by atoms with Gasteiger partial charge in [0.2, 0.25) is 0 Å². The summed E-state index contributed by atoms with van der Waals surface area (Å²) in [5, 5.41) is 0. The minimum Gasteiger partial charge on any atom is -0.493 e. The zero-order chi connectivity index (χ0) is 12.7. The van der Waals surface area contributed by atoms with Gasteiger partial charge in [0.15, 0.2) is 17.5 Å². The van der Waals surface area contributed by atoms with Gasteiger partial charge in [-0.3, -0.25) is 4.99 Å². The summed E-state index contributed by atoms with van der Waals surface area (Å²) in [6, 6.07) is 5.87. The third-order valence-corrected chi connectivity index (χ3v) is 2.37. The van der Waals surface area contributed by atoms with Crippen molar-refractivity contribution in [2.45, 2.75) is 12.8 Å². The molecule has 1 rings (SSSR count). The van der Waals surface area contributed by atoms with Crippen molar-refractivity contribution in [3.8, 4) is 11.5 Å². The van der Waals surface area contributed by atoms with Crippen LogP contribution in [0.4, 0.5) is 0 Å². The Hall–Kier alpha value is -1.91. The second-order valence-electron chi connectivity index (χ2n) is 3.60. The number of aliphatic imine (C=N–C) groups is 1. The molecule has 0 aliphatic rings. The molecule has 94 valence electrons. The molecule has 0 heterocycles. The lowest BCUT2D eigenvalue weighted by Gasteiger charge is -2.09. The molecule has 0 aliphatic heterocycles. The lowest BCUT2D eigenvalue weighted by molar-refractivity contribution is 0.354. The predicted molar refractivity (Wildman–Crippen MR) is 68.5 cm³/mol. The summed E-state index contributed by atoms with van der Waals surface area (Å²) in [4.78, 5) is 3.93. The van der Waals surface area contributed by atoms with Crippen LogP contribution < -0.4 is 20.9 Å². The van der Waals surface area contributed by atoms with Crippen molar-refractivity contribution in [1.29, 1.82) is 0 Å². The highest BCUT2D eigenvalue weighted by molar-refractivity contribution is 5.75. The topological polar surface area (TPSA) is 82.9 Å². The summed E-state index contributed by atoms with van der Waals surface area (Å²) in [7, 11) is 3.25. The molecule has 0 bridgehead atoms.